The quantitative estimate of drug-likeness (QED) is 0.772. The zero-order chi connectivity index (χ0) is 15.5. The molecule has 22 heavy (non-hydrogen) atoms. The first kappa shape index (κ1) is 14.5. The molecule has 3 rings (SSSR count). The summed E-state index contributed by atoms with van der Waals surface area (Å²) in [6, 6.07) is 12.6. The Kier molecular flexibility index (Phi) is 4.04. The third-order valence-electron chi connectivity index (χ3n) is 2.94. The van der Waals surface area contributed by atoms with Gasteiger partial charge < -0.3 is 4.98 Å². The van der Waals surface area contributed by atoms with Gasteiger partial charge in [0.1, 0.15) is 9.90 Å². The van der Waals surface area contributed by atoms with Crippen LogP contribution in [0.2, 0.25) is 4.34 Å². The van der Waals surface area contributed by atoms with Crippen molar-refractivity contribution in [2.24, 2.45) is 0 Å². The van der Waals surface area contributed by atoms with Crippen molar-refractivity contribution >= 4 is 34.0 Å². The van der Waals surface area contributed by atoms with Crippen LogP contribution in [0.25, 0.3) is 11.3 Å². The van der Waals surface area contributed by atoms with Gasteiger partial charge >= 0.3 is 0 Å². The van der Waals surface area contributed by atoms with Gasteiger partial charge in [-0.25, -0.2) is 4.98 Å². The minimum atomic E-state index is -0.521. The van der Waals surface area contributed by atoms with Crippen LogP contribution >= 0.6 is 22.9 Å². The van der Waals surface area contributed by atoms with E-state index in [2.05, 4.69) is 15.3 Å². The van der Waals surface area contributed by atoms with Crippen LogP contribution in [0.3, 0.4) is 0 Å². The SMILES string of the molecule is O=C(Nc1ncc(Cl)s1)c1ccc(-c2ccccc2)[nH]c1=O. The van der Waals surface area contributed by atoms with E-state index in [-0.39, 0.29) is 5.56 Å². The summed E-state index contributed by atoms with van der Waals surface area (Å²) in [4.78, 5) is 30.8. The summed E-state index contributed by atoms with van der Waals surface area (Å²) in [6.45, 7) is 0. The number of carbonyl (C=O) groups excluding carboxylic acids is 1. The largest absolute Gasteiger partial charge is 0.321 e. The minimum absolute atomic E-state index is 0.0194. The van der Waals surface area contributed by atoms with Gasteiger partial charge in [0.05, 0.1) is 6.20 Å². The number of hydrogen-bond acceptors (Lipinski definition) is 4. The maximum Gasteiger partial charge on any atom is 0.263 e. The second-order valence-electron chi connectivity index (χ2n) is 4.40. The molecule has 0 saturated heterocycles. The van der Waals surface area contributed by atoms with Gasteiger partial charge in [-0.2, -0.15) is 0 Å². The summed E-state index contributed by atoms with van der Waals surface area (Å²) in [5.74, 6) is -0.521. The van der Waals surface area contributed by atoms with Crippen LogP contribution in [0.1, 0.15) is 10.4 Å². The van der Waals surface area contributed by atoms with E-state index in [1.807, 2.05) is 30.3 Å². The number of nitrogens with one attached hydrogen (secondary N) is 2. The highest BCUT2D eigenvalue weighted by Crippen LogP contribution is 2.22. The van der Waals surface area contributed by atoms with Crippen molar-refractivity contribution in [2.75, 3.05) is 5.32 Å². The molecule has 1 aromatic carbocycles. The molecule has 0 aliphatic heterocycles. The highest BCUT2D eigenvalue weighted by Gasteiger charge is 2.13. The number of thiazole rings is 1. The molecule has 2 heterocycles. The Balaban J connectivity index is 1.86. The summed E-state index contributed by atoms with van der Waals surface area (Å²) in [5, 5.41) is 2.89. The summed E-state index contributed by atoms with van der Waals surface area (Å²) >= 11 is 6.87. The molecule has 5 nitrogen and oxygen atoms in total. The van der Waals surface area contributed by atoms with E-state index in [1.54, 1.807) is 6.07 Å². The smallest absolute Gasteiger partial charge is 0.263 e. The monoisotopic (exact) mass is 331 g/mol. The lowest BCUT2D eigenvalue weighted by Crippen LogP contribution is -2.23. The average molecular weight is 332 g/mol. The van der Waals surface area contributed by atoms with Crippen LogP contribution in [0.15, 0.2) is 53.5 Å². The fourth-order valence-electron chi connectivity index (χ4n) is 1.92. The van der Waals surface area contributed by atoms with Crippen molar-refractivity contribution in [1.29, 1.82) is 0 Å². The molecule has 0 aliphatic rings. The molecule has 0 atom stereocenters. The van der Waals surface area contributed by atoms with Crippen molar-refractivity contribution in [2.45, 2.75) is 0 Å². The molecule has 0 spiro atoms. The number of nitrogens with zero attached hydrogens (tertiary/aromatic N) is 1. The summed E-state index contributed by atoms with van der Waals surface area (Å²) in [7, 11) is 0. The minimum Gasteiger partial charge on any atom is -0.321 e. The maximum absolute atomic E-state index is 12.1. The lowest BCUT2D eigenvalue weighted by molar-refractivity contribution is 0.102. The number of amides is 1. The van der Waals surface area contributed by atoms with Gasteiger partial charge in [-0.05, 0) is 17.7 Å². The van der Waals surface area contributed by atoms with Gasteiger partial charge in [0.2, 0.25) is 0 Å². The lowest BCUT2D eigenvalue weighted by atomic mass is 10.1. The fraction of sp³-hybridized carbons (Fsp3) is 0. The highest BCUT2D eigenvalue weighted by molar-refractivity contribution is 7.19. The number of hydrogen-bond donors (Lipinski definition) is 2. The Labute approximate surface area is 134 Å². The van der Waals surface area contributed by atoms with Crippen LogP contribution in [0, 0.1) is 0 Å². The van der Waals surface area contributed by atoms with Crippen molar-refractivity contribution < 1.29 is 4.79 Å². The number of rotatable bonds is 3. The van der Waals surface area contributed by atoms with Gasteiger partial charge in [-0.1, -0.05) is 53.3 Å². The topological polar surface area (TPSA) is 74.8 Å². The van der Waals surface area contributed by atoms with Crippen molar-refractivity contribution in [3.05, 3.63) is 68.9 Å². The summed E-state index contributed by atoms with van der Waals surface area (Å²) in [6.07, 6.45) is 1.44. The number of halogens is 1. The molecule has 0 aliphatic carbocycles. The molecule has 3 aromatic rings. The number of H-pyrrole nitrogens is 1. The predicted octanol–water partition coefficient (Wildman–Crippen LogP) is 3.40. The number of carbonyl (C=O) groups is 1. The third kappa shape index (κ3) is 3.08. The first-order chi connectivity index (χ1) is 10.6. The normalized spacial score (nSPS) is 10.4. The van der Waals surface area contributed by atoms with Crippen molar-refractivity contribution in [1.82, 2.24) is 9.97 Å². The van der Waals surface area contributed by atoms with E-state index in [1.165, 1.54) is 12.3 Å². The van der Waals surface area contributed by atoms with Crippen molar-refractivity contribution in [3.63, 3.8) is 0 Å². The van der Waals surface area contributed by atoms with Gasteiger partial charge in [0, 0.05) is 5.69 Å². The lowest BCUT2D eigenvalue weighted by Gasteiger charge is -2.04. The van der Waals surface area contributed by atoms with E-state index >= 15 is 0 Å². The number of anilines is 1. The molecule has 0 saturated carbocycles. The standard InChI is InChI=1S/C15H10ClN3O2S/c16-12-8-17-15(22-12)19-14(21)10-6-7-11(18-13(10)20)9-4-2-1-3-5-9/h1-8H,(H,18,20)(H,17,19,21). The molecular weight excluding hydrogens is 322 g/mol. The molecule has 7 heteroatoms. The summed E-state index contributed by atoms with van der Waals surface area (Å²) < 4.78 is 0.462. The highest BCUT2D eigenvalue weighted by atomic mass is 35.5. The van der Waals surface area contributed by atoms with Crippen LogP contribution in [-0.2, 0) is 0 Å². The molecule has 0 radical (unpaired) electrons. The Hall–Kier alpha value is -2.44. The van der Waals surface area contributed by atoms with Crippen molar-refractivity contribution in [3.8, 4) is 11.3 Å². The maximum atomic E-state index is 12.1. The molecule has 0 fully saturated rings. The Bertz CT molecular complexity index is 874. The van der Waals surface area contributed by atoms with Gasteiger partial charge in [-0.3, -0.25) is 14.9 Å². The molecule has 110 valence electrons. The number of aromatic nitrogens is 2. The van der Waals surface area contributed by atoms with Crippen LogP contribution in [-0.4, -0.2) is 15.9 Å². The molecule has 0 bridgehead atoms. The third-order valence-corrected chi connectivity index (χ3v) is 3.97. The Morgan fingerprint density at radius 3 is 2.59 bits per heavy atom. The fourth-order valence-corrected chi connectivity index (χ4v) is 2.72. The number of pyridine rings is 1. The van der Waals surface area contributed by atoms with E-state index in [0.29, 0.717) is 15.2 Å². The van der Waals surface area contributed by atoms with Gasteiger partial charge in [0.15, 0.2) is 5.13 Å². The van der Waals surface area contributed by atoms with Gasteiger partial charge in [0.25, 0.3) is 11.5 Å². The van der Waals surface area contributed by atoms with Gasteiger partial charge in [-0.15, -0.1) is 0 Å². The van der Waals surface area contributed by atoms with E-state index in [4.69, 9.17) is 11.6 Å². The second-order valence-corrected chi connectivity index (χ2v) is 6.07. The molecule has 0 unspecified atom stereocenters. The predicted molar refractivity (Wildman–Crippen MR) is 87.6 cm³/mol. The molecular formula is C15H10ClN3O2S. The number of aromatic amines is 1. The zero-order valence-corrected chi connectivity index (χ0v) is 12.7. The van der Waals surface area contributed by atoms with E-state index in [0.717, 1.165) is 16.9 Å². The first-order valence-electron chi connectivity index (χ1n) is 6.35. The summed E-state index contributed by atoms with van der Waals surface area (Å²) in [5.41, 5.74) is 1.09. The van der Waals surface area contributed by atoms with Crippen LogP contribution in [0.4, 0.5) is 5.13 Å². The molecule has 1 amide bonds. The van der Waals surface area contributed by atoms with E-state index in [9.17, 15) is 9.59 Å². The van der Waals surface area contributed by atoms with Crippen LogP contribution < -0.4 is 10.9 Å². The average Bonchev–Trinajstić information content (AvgIpc) is 2.93. The van der Waals surface area contributed by atoms with Crippen LogP contribution in [0.5, 0.6) is 0 Å². The first-order valence-corrected chi connectivity index (χ1v) is 7.54. The second kappa shape index (κ2) is 6.13. The Morgan fingerprint density at radius 2 is 1.95 bits per heavy atom. The number of benzene rings is 1. The Morgan fingerprint density at radius 1 is 1.18 bits per heavy atom. The molecule has 2 aromatic heterocycles. The zero-order valence-electron chi connectivity index (χ0n) is 11.2. The molecule has 2 N–H and O–H groups in total. The van der Waals surface area contributed by atoms with E-state index < -0.39 is 11.5 Å².